The van der Waals surface area contributed by atoms with Gasteiger partial charge in [0.1, 0.15) is 6.04 Å². The molecule has 30 heavy (non-hydrogen) atoms. The van der Waals surface area contributed by atoms with E-state index in [0.29, 0.717) is 11.6 Å². The average molecular weight is 427 g/mol. The number of carbonyl (C=O) groups excluding carboxylic acids is 2. The fraction of sp³-hybridized carbons (Fsp3) is 0.440. The van der Waals surface area contributed by atoms with Gasteiger partial charge in [0, 0.05) is 17.6 Å². The van der Waals surface area contributed by atoms with Crippen molar-refractivity contribution in [3.05, 3.63) is 70.2 Å². The summed E-state index contributed by atoms with van der Waals surface area (Å²) < 4.78 is 0. The van der Waals surface area contributed by atoms with E-state index >= 15 is 0 Å². The van der Waals surface area contributed by atoms with Crippen LogP contribution < -0.4 is 5.32 Å². The van der Waals surface area contributed by atoms with Crippen LogP contribution in [0.2, 0.25) is 5.02 Å². The molecule has 1 atom stereocenters. The van der Waals surface area contributed by atoms with Crippen molar-refractivity contribution in [2.45, 2.75) is 71.0 Å². The smallest absolute Gasteiger partial charge is 0.242 e. The molecule has 160 valence electrons. The van der Waals surface area contributed by atoms with Crippen molar-refractivity contribution in [2.75, 3.05) is 0 Å². The first kappa shape index (κ1) is 22.4. The molecule has 1 aliphatic carbocycles. The fourth-order valence-electron chi connectivity index (χ4n) is 3.92. The van der Waals surface area contributed by atoms with Crippen LogP contribution in [-0.4, -0.2) is 28.8 Å². The standard InChI is InChI=1S/C25H31ClN2O2/c1-18-8-10-21(11-9-18)17-28(24(29)16-20-12-14-22(26)15-13-20)19(2)25(30)27-23-6-4-3-5-7-23/h8-15,19,23H,3-7,16-17H2,1-2H3,(H,27,30). The van der Waals surface area contributed by atoms with Crippen molar-refractivity contribution in [3.63, 3.8) is 0 Å². The largest absolute Gasteiger partial charge is 0.352 e. The Balaban J connectivity index is 1.74. The minimum Gasteiger partial charge on any atom is -0.352 e. The number of hydrogen-bond donors (Lipinski definition) is 1. The zero-order chi connectivity index (χ0) is 21.5. The second kappa shape index (κ2) is 10.6. The molecule has 4 nitrogen and oxygen atoms in total. The molecule has 2 aromatic rings. The molecule has 3 rings (SSSR count). The number of carbonyl (C=O) groups is 2. The molecular formula is C25H31ClN2O2. The first-order valence-electron chi connectivity index (χ1n) is 10.8. The van der Waals surface area contributed by atoms with Crippen molar-refractivity contribution in [1.29, 1.82) is 0 Å². The van der Waals surface area contributed by atoms with Gasteiger partial charge in [-0.1, -0.05) is 72.8 Å². The molecule has 0 radical (unpaired) electrons. The predicted octanol–water partition coefficient (Wildman–Crippen LogP) is 5.06. The minimum absolute atomic E-state index is 0.0656. The molecule has 0 aromatic heterocycles. The lowest BCUT2D eigenvalue weighted by atomic mass is 9.95. The molecular weight excluding hydrogens is 396 g/mol. The number of rotatable bonds is 7. The molecule has 1 fully saturated rings. The first-order chi connectivity index (χ1) is 14.4. The quantitative estimate of drug-likeness (QED) is 0.672. The summed E-state index contributed by atoms with van der Waals surface area (Å²) in [5, 5.41) is 3.81. The maximum absolute atomic E-state index is 13.2. The molecule has 0 spiro atoms. The van der Waals surface area contributed by atoms with E-state index in [1.807, 2.05) is 50.2 Å². The van der Waals surface area contributed by atoms with Crippen LogP contribution in [0.3, 0.4) is 0 Å². The average Bonchev–Trinajstić information content (AvgIpc) is 2.75. The first-order valence-corrected chi connectivity index (χ1v) is 11.2. The van der Waals surface area contributed by atoms with E-state index in [0.717, 1.165) is 36.8 Å². The van der Waals surface area contributed by atoms with E-state index in [9.17, 15) is 9.59 Å². The SMILES string of the molecule is Cc1ccc(CN(C(=O)Cc2ccc(Cl)cc2)C(C)C(=O)NC2CCCCC2)cc1. The third kappa shape index (κ3) is 6.33. The molecule has 1 N–H and O–H groups in total. The van der Waals surface area contributed by atoms with Crippen LogP contribution in [0.5, 0.6) is 0 Å². The highest BCUT2D eigenvalue weighted by molar-refractivity contribution is 6.30. The Kier molecular flexibility index (Phi) is 7.92. The lowest BCUT2D eigenvalue weighted by molar-refractivity contribution is -0.140. The normalized spacial score (nSPS) is 15.4. The van der Waals surface area contributed by atoms with Gasteiger partial charge in [0.15, 0.2) is 0 Å². The monoisotopic (exact) mass is 426 g/mol. The van der Waals surface area contributed by atoms with Crippen molar-refractivity contribution in [1.82, 2.24) is 10.2 Å². The van der Waals surface area contributed by atoms with Crippen LogP contribution in [0, 0.1) is 6.92 Å². The molecule has 0 heterocycles. The highest BCUT2D eigenvalue weighted by Crippen LogP contribution is 2.19. The Morgan fingerprint density at radius 1 is 1.00 bits per heavy atom. The van der Waals surface area contributed by atoms with Gasteiger partial charge in [-0.25, -0.2) is 0 Å². The molecule has 5 heteroatoms. The van der Waals surface area contributed by atoms with Crippen LogP contribution in [0.25, 0.3) is 0 Å². The van der Waals surface area contributed by atoms with E-state index in [1.54, 1.807) is 17.0 Å². The lowest BCUT2D eigenvalue weighted by Crippen LogP contribution is -2.50. The van der Waals surface area contributed by atoms with Gasteiger partial charge < -0.3 is 10.2 Å². The molecule has 0 aliphatic heterocycles. The van der Waals surface area contributed by atoms with Crippen molar-refractivity contribution >= 4 is 23.4 Å². The zero-order valence-electron chi connectivity index (χ0n) is 17.9. The summed E-state index contributed by atoms with van der Waals surface area (Å²) in [4.78, 5) is 27.9. The van der Waals surface area contributed by atoms with Gasteiger partial charge >= 0.3 is 0 Å². The summed E-state index contributed by atoms with van der Waals surface area (Å²) in [6, 6.07) is 15.1. The molecule has 2 aromatic carbocycles. The van der Waals surface area contributed by atoms with Gasteiger partial charge in [0.05, 0.1) is 6.42 Å². The van der Waals surface area contributed by atoms with Crippen molar-refractivity contribution in [2.24, 2.45) is 0 Å². The minimum atomic E-state index is -0.534. The fourth-order valence-corrected chi connectivity index (χ4v) is 4.05. The Hall–Kier alpha value is -2.33. The summed E-state index contributed by atoms with van der Waals surface area (Å²) in [6.45, 7) is 4.27. The summed E-state index contributed by atoms with van der Waals surface area (Å²) in [5.41, 5.74) is 3.07. The number of nitrogens with zero attached hydrogens (tertiary/aromatic N) is 1. The highest BCUT2D eigenvalue weighted by atomic mass is 35.5. The van der Waals surface area contributed by atoms with Crippen LogP contribution in [0.1, 0.15) is 55.7 Å². The number of benzene rings is 2. The molecule has 0 saturated heterocycles. The molecule has 1 unspecified atom stereocenters. The van der Waals surface area contributed by atoms with E-state index < -0.39 is 6.04 Å². The highest BCUT2D eigenvalue weighted by Gasteiger charge is 2.28. The Bertz CT molecular complexity index is 842. The van der Waals surface area contributed by atoms with Gasteiger partial charge in [-0.2, -0.15) is 0 Å². The number of nitrogens with one attached hydrogen (secondary N) is 1. The van der Waals surface area contributed by atoms with E-state index in [4.69, 9.17) is 11.6 Å². The van der Waals surface area contributed by atoms with Crippen LogP contribution >= 0.6 is 11.6 Å². The molecule has 1 aliphatic rings. The Morgan fingerprint density at radius 3 is 2.23 bits per heavy atom. The maximum atomic E-state index is 13.2. The number of aryl methyl sites for hydroxylation is 1. The van der Waals surface area contributed by atoms with Gasteiger partial charge in [0.2, 0.25) is 11.8 Å². The summed E-state index contributed by atoms with van der Waals surface area (Å²) >= 11 is 5.97. The van der Waals surface area contributed by atoms with Gasteiger partial charge in [-0.3, -0.25) is 9.59 Å². The van der Waals surface area contributed by atoms with Crippen LogP contribution in [0.15, 0.2) is 48.5 Å². The third-order valence-corrected chi connectivity index (χ3v) is 6.11. The number of halogens is 1. The van der Waals surface area contributed by atoms with E-state index in [2.05, 4.69) is 5.32 Å². The maximum Gasteiger partial charge on any atom is 0.242 e. The summed E-state index contributed by atoms with van der Waals surface area (Å²) in [7, 11) is 0. The molecule has 1 saturated carbocycles. The van der Waals surface area contributed by atoms with Gasteiger partial charge in [0.25, 0.3) is 0 Å². The van der Waals surface area contributed by atoms with Gasteiger partial charge in [-0.15, -0.1) is 0 Å². The van der Waals surface area contributed by atoms with Crippen LogP contribution in [-0.2, 0) is 22.6 Å². The summed E-state index contributed by atoms with van der Waals surface area (Å²) in [5.74, 6) is -0.136. The third-order valence-electron chi connectivity index (χ3n) is 5.86. The molecule has 0 bridgehead atoms. The van der Waals surface area contributed by atoms with E-state index in [1.165, 1.54) is 12.0 Å². The topological polar surface area (TPSA) is 49.4 Å². The predicted molar refractivity (Wildman–Crippen MR) is 121 cm³/mol. The van der Waals surface area contributed by atoms with Crippen molar-refractivity contribution < 1.29 is 9.59 Å². The zero-order valence-corrected chi connectivity index (χ0v) is 18.6. The van der Waals surface area contributed by atoms with Crippen molar-refractivity contribution in [3.8, 4) is 0 Å². The second-order valence-electron chi connectivity index (χ2n) is 8.33. The van der Waals surface area contributed by atoms with E-state index in [-0.39, 0.29) is 24.3 Å². The number of hydrogen-bond acceptors (Lipinski definition) is 2. The second-order valence-corrected chi connectivity index (χ2v) is 8.77. The number of amides is 2. The van der Waals surface area contributed by atoms with Crippen LogP contribution in [0.4, 0.5) is 0 Å². The Morgan fingerprint density at radius 2 is 1.60 bits per heavy atom. The summed E-state index contributed by atoms with van der Waals surface area (Å²) in [6.07, 6.45) is 5.83. The molecule has 2 amide bonds. The Labute approximate surface area is 184 Å². The lowest BCUT2D eigenvalue weighted by Gasteiger charge is -2.31. The van der Waals surface area contributed by atoms with Gasteiger partial charge in [-0.05, 0) is 49.9 Å².